The number of hydrogen-bond acceptors (Lipinski definition) is 2. The van der Waals surface area contributed by atoms with Gasteiger partial charge in [0.15, 0.2) is 0 Å². The fourth-order valence-corrected chi connectivity index (χ4v) is 0.823. The van der Waals surface area contributed by atoms with Gasteiger partial charge in [-0.05, 0) is 12.1 Å². The third kappa shape index (κ3) is 2.13. The van der Waals surface area contributed by atoms with Crippen molar-refractivity contribution >= 4 is 0 Å². The molecule has 2 heteroatoms. The quantitative estimate of drug-likeness (QED) is 0.644. The largest absolute Gasteiger partial charge is 0.403 e. The summed E-state index contributed by atoms with van der Waals surface area (Å²) in [7, 11) is 1.94. The van der Waals surface area contributed by atoms with Gasteiger partial charge in [-0.15, -0.1) is 0 Å². The highest BCUT2D eigenvalue weighted by Crippen LogP contribution is 2.11. The summed E-state index contributed by atoms with van der Waals surface area (Å²) in [5, 5.41) is 0. The molecule has 10 heavy (non-hydrogen) atoms. The van der Waals surface area contributed by atoms with Crippen LogP contribution in [-0.4, -0.2) is 11.9 Å². The molecule has 2 N–H and O–H groups in total. The van der Waals surface area contributed by atoms with Crippen LogP contribution in [0.2, 0.25) is 0 Å². The third-order valence-corrected chi connectivity index (χ3v) is 1.44. The van der Waals surface area contributed by atoms with Crippen molar-refractivity contribution in [2.75, 3.05) is 7.05 Å². The zero-order chi connectivity index (χ0) is 8.15. The van der Waals surface area contributed by atoms with E-state index in [-0.39, 0.29) is 0 Å². The minimum absolute atomic E-state index is 0.452. The minimum atomic E-state index is 0.452. The minimum Gasteiger partial charge on any atom is -0.403 e. The number of rotatable bonds is 3. The maximum atomic E-state index is 5.40. The number of nitrogens with zero attached hydrogens (tertiary/aromatic N) is 1. The average molecular weight is 140 g/mol. The van der Waals surface area contributed by atoms with E-state index in [1.165, 1.54) is 0 Å². The molecule has 0 heterocycles. The lowest BCUT2D eigenvalue weighted by molar-refractivity contribution is 0.487. The van der Waals surface area contributed by atoms with E-state index in [0.717, 1.165) is 5.70 Å². The summed E-state index contributed by atoms with van der Waals surface area (Å²) in [5.74, 6) is 0.452. The molecular weight excluding hydrogens is 124 g/mol. The average Bonchev–Trinajstić information content (AvgIpc) is 1.88. The predicted molar refractivity (Wildman–Crippen MR) is 45.1 cm³/mol. The van der Waals surface area contributed by atoms with Gasteiger partial charge in [-0.2, -0.15) is 0 Å². The van der Waals surface area contributed by atoms with Gasteiger partial charge in [0.05, 0.1) is 0 Å². The molecule has 0 aliphatic heterocycles. The van der Waals surface area contributed by atoms with Gasteiger partial charge in [0.1, 0.15) is 0 Å². The van der Waals surface area contributed by atoms with Crippen LogP contribution in [0.25, 0.3) is 0 Å². The fraction of sp³-hybridized carbons (Fsp3) is 0.500. The molecule has 0 aromatic carbocycles. The Labute approximate surface area is 63.0 Å². The van der Waals surface area contributed by atoms with E-state index in [9.17, 15) is 0 Å². The molecule has 0 aliphatic carbocycles. The maximum absolute atomic E-state index is 5.40. The lowest BCUT2D eigenvalue weighted by Gasteiger charge is -2.20. The first-order chi connectivity index (χ1) is 4.63. The van der Waals surface area contributed by atoms with E-state index < -0.39 is 0 Å². The van der Waals surface area contributed by atoms with Crippen molar-refractivity contribution in [1.29, 1.82) is 0 Å². The summed E-state index contributed by atoms with van der Waals surface area (Å²) in [6.45, 7) is 7.83. The van der Waals surface area contributed by atoms with Crippen LogP contribution in [0.15, 0.2) is 24.7 Å². The van der Waals surface area contributed by atoms with E-state index in [4.69, 9.17) is 5.73 Å². The summed E-state index contributed by atoms with van der Waals surface area (Å²) in [4.78, 5) is 1.92. The van der Waals surface area contributed by atoms with Gasteiger partial charge >= 0.3 is 0 Å². The Kier molecular flexibility index (Phi) is 3.62. The number of allylic oxidation sites excluding steroid dienone is 1. The second-order valence-electron chi connectivity index (χ2n) is 2.54. The normalized spacial score (nSPS) is 11.8. The molecule has 58 valence electrons. The smallest absolute Gasteiger partial charge is 0.0353 e. The second-order valence-corrected chi connectivity index (χ2v) is 2.54. The molecule has 0 aromatic rings. The van der Waals surface area contributed by atoms with Crippen molar-refractivity contribution in [3.63, 3.8) is 0 Å². The molecule has 0 radical (unpaired) electrons. The molecule has 0 saturated heterocycles. The van der Waals surface area contributed by atoms with Crippen LogP contribution in [0.1, 0.15) is 13.8 Å². The van der Waals surface area contributed by atoms with Crippen LogP contribution in [0.3, 0.4) is 0 Å². The molecule has 0 amide bonds. The summed E-state index contributed by atoms with van der Waals surface area (Å²) < 4.78 is 0. The van der Waals surface area contributed by atoms with Gasteiger partial charge < -0.3 is 10.6 Å². The van der Waals surface area contributed by atoms with Crippen LogP contribution in [0, 0.1) is 5.92 Å². The molecule has 0 aliphatic rings. The molecule has 0 bridgehead atoms. The molecule has 0 fully saturated rings. The zero-order valence-corrected chi connectivity index (χ0v) is 6.96. The molecule has 0 atom stereocenters. The third-order valence-electron chi connectivity index (χ3n) is 1.44. The van der Waals surface area contributed by atoms with Crippen molar-refractivity contribution in [1.82, 2.24) is 4.90 Å². The molecule has 0 aromatic heterocycles. The van der Waals surface area contributed by atoms with Gasteiger partial charge in [0.2, 0.25) is 0 Å². The fourth-order valence-electron chi connectivity index (χ4n) is 0.823. The van der Waals surface area contributed by atoms with Crippen LogP contribution < -0.4 is 5.73 Å². The van der Waals surface area contributed by atoms with Crippen LogP contribution in [-0.2, 0) is 0 Å². The van der Waals surface area contributed by atoms with Gasteiger partial charge in [-0.3, -0.25) is 0 Å². The standard InChI is InChI=1S/C8H16N2/c1-5-10(4)8(6-9)7(2)3/h5-7H,1,9H2,2-4H3/b8-6-. The highest BCUT2D eigenvalue weighted by Gasteiger charge is 2.03. The summed E-state index contributed by atoms with van der Waals surface area (Å²) in [5.41, 5.74) is 6.49. The summed E-state index contributed by atoms with van der Waals surface area (Å²) in [6, 6.07) is 0. The second kappa shape index (κ2) is 3.99. The predicted octanol–water partition coefficient (Wildman–Crippen LogP) is 1.52. The Morgan fingerprint density at radius 2 is 2.10 bits per heavy atom. The molecule has 0 unspecified atom stereocenters. The molecule has 0 saturated carbocycles. The van der Waals surface area contributed by atoms with Crippen molar-refractivity contribution in [2.24, 2.45) is 11.7 Å². The summed E-state index contributed by atoms with van der Waals surface area (Å²) in [6.07, 6.45) is 3.37. The Balaban J connectivity index is 4.22. The lowest BCUT2D eigenvalue weighted by atomic mass is 10.1. The molecule has 2 nitrogen and oxygen atoms in total. The van der Waals surface area contributed by atoms with Gasteiger partial charge in [0, 0.05) is 18.9 Å². The Morgan fingerprint density at radius 1 is 1.60 bits per heavy atom. The molecule has 0 spiro atoms. The highest BCUT2D eigenvalue weighted by molar-refractivity contribution is 5.03. The number of nitrogens with two attached hydrogens (primary N) is 1. The van der Waals surface area contributed by atoms with Gasteiger partial charge in [0.25, 0.3) is 0 Å². The van der Waals surface area contributed by atoms with E-state index in [0.29, 0.717) is 5.92 Å². The van der Waals surface area contributed by atoms with E-state index in [2.05, 4.69) is 20.4 Å². The van der Waals surface area contributed by atoms with Crippen LogP contribution >= 0.6 is 0 Å². The first-order valence-corrected chi connectivity index (χ1v) is 3.40. The van der Waals surface area contributed by atoms with E-state index >= 15 is 0 Å². The zero-order valence-electron chi connectivity index (χ0n) is 6.96. The van der Waals surface area contributed by atoms with Crippen molar-refractivity contribution in [2.45, 2.75) is 13.8 Å². The summed E-state index contributed by atoms with van der Waals surface area (Å²) >= 11 is 0. The number of hydrogen-bond donors (Lipinski definition) is 1. The maximum Gasteiger partial charge on any atom is 0.0353 e. The monoisotopic (exact) mass is 140 g/mol. The van der Waals surface area contributed by atoms with Gasteiger partial charge in [-0.25, -0.2) is 0 Å². The SMILES string of the molecule is C=CN(C)/C(=C\N)C(C)C. The topological polar surface area (TPSA) is 29.3 Å². The Bertz CT molecular complexity index is 136. The van der Waals surface area contributed by atoms with Crippen LogP contribution in [0.4, 0.5) is 0 Å². The van der Waals surface area contributed by atoms with Gasteiger partial charge in [-0.1, -0.05) is 20.4 Å². The van der Waals surface area contributed by atoms with Crippen molar-refractivity contribution in [3.05, 3.63) is 24.7 Å². The first-order valence-electron chi connectivity index (χ1n) is 3.40. The van der Waals surface area contributed by atoms with Crippen LogP contribution in [0.5, 0.6) is 0 Å². The highest BCUT2D eigenvalue weighted by atomic mass is 15.1. The van der Waals surface area contributed by atoms with Crippen molar-refractivity contribution < 1.29 is 0 Å². The lowest BCUT2D eigenvalue weighted by Crippen LogP contribution is -2.15. The van der Waals surface area contributed by atoms with E-state index in [1.807, 2.05) is 11.9 Å². The molecular formula is C8H16N2. The molecule has 0 rings (SSSR count). The first kappa shape index (κ1) is 9.08. The van der Waals surface area contributed by atoms with Crippen molar-refractivity contribution in [3.8, 4) is 0 Å². The Morgan fingerprint density at radius 3 is 2.20 bits per heavy atom. The van der Waals surface area contributed by atoms with E-state index in [1.54, 1.807) is 12.4 Å². The Hall–Kier alpha value is -0.920.